The van der Waals surface area contributed by atoms with E-state index < -0.39 is 0 Å². The zero-order valence-corrected chi connectivity index (χ0v) is 8.23. The summed E-state index contributed by atoms with van der Waals surface area (Å²) in [6, 6.07) is 7.93. The van der Waals surface area contributed by atoms with E-state index in [2.05, 4.69) is 0 Å². The van der Waals surface area contributed by atoms with Crippen LogP contribution in [0.3, 0.4) is 0 Å². The molecule has 0 N–H and O–H groups in total. The van der Waals surface area contributed by atoms with Gasteiger partial charge in [0, 0.05) is 10.8 Å². The summed E-state index contributed by atoms with van der Waals surface area (Å²) in [5.74, 6) is 0.855. The van der Waals surface area contributed by atoms with Gasteiger partial charge in [-0.05, 0) is 11.5 Å². The maximum absolute atomic E-state index is 5.26. The fourth-order valence-corrected chi connectivity index (χ4v) is 1.46. The molecule has 0 saturated carbocycles. The van der Waals surface area contributed by atoms with Crippen LogP contribution in [-0.4, -0.2) is 14.2 Å². The van der Waals surface area contributed by atoms with E-state index in [9.17, 15) is 0 Å². The topological polar surface area (TPSA) is 22.3 Å². The third-order valence-electron chi connectivity index (χ3n) is 2.19. The van der Waals surface area contributed by atoms with Crippen LogP contribution in [0, 0.1) is 0 Å². The van der Waals surface area contributed by atoms with Crippen LogP contribution in [0.1, 0.15) is 0 Å². The molecule has 2 rings (SSSR count). The third kappa shape index (κ3) is 1.37. The Morgan fingerprint density at radius 1 is 1.14 bits per heavy atom. The highest BCUT2D eigenvalue weighted by molar-refractivity contribution is 5.86. The van der Waals surface area contributed by atoms with Gasteiger partial charge in [0.2, 0.25) is 12.4 Å². The lowest BCUT2D eigenvalue weighted by Gasteiger charge is -2.02. The second kappa shape index (κ2) is 3.54. The lowest BCUT2D eigenvalue weighted by molar-refractivity contribution is -0.884. The lowest BCUT2D eigenvalue weighted by Crippen LogP contribution is -2.39. The van der Waals surface area contributed by atoms with E-state index in [1.165, 1.54) is 0 Å². The second-order valence-electron chi connectivity index (χ2n) is 2.95. The lowest BCUT2D eigenvalue weighted by atomic mass is 10.1. The summed E-state index contributed by atoms with van der Waals surface area (Å²) in [4.78, 5) is 5.08. The van der Waals surface area contributed by atoms with E-state index in [0.29, 0.717) is 0 Å². The Labute approximate surface area is 82.5 Å². The molecule has 0 unspecified atom stereocenters. The Morgan fingerprint density at radius 2 is 2.00 bits per heavy atom. The number of methoxy groups -OCH3 is 1. The molecule has 72 valence electrons. The number of aromatic nitrogens is 1. The number of ether oxygens (including phenoxy) is 1. The molecule has 0 aliphatic rings. The average molecular weight is 190 g/mol. The minimum Gasteiger partial charge on any atom is -0.496 e. The molecule has 1 aromatic carbocycles. The van der Waals surface area contributed by atoms with Crippen molar-refractivity contribution in [2.75, 3.05) is 14.2 Å². The molecule has 1 aromatic heterocycles. The summed E-state index contributed by atoms with van der Waals surface area (Å²) in [7, 11) is 3.29. The van der Waals surface area contributed by atoms with Crippen molar-refractivity contribution in [1.29, 1.82) is 0 Å². The molecule has 0 radical (unpaired) electrons. The van der Waals surface area contributed by atoms with Gasteiger partial charge >= 0.3 is 0 Å². The first-order chi connectivity index (χ1) is 6.85. The smallest absolute Gasteiger partial charge is 0.234 e. The highest BCUT2D eigenvalue weighted by Gasteiger charge is 2.06. The van der Waals surface area contributed by atoms with Crippen LogP contribution in [0.5, 0.6) is 5.75 Å². The number of nitrogens with zero attached hydrogens (tertiary/aromatic N) is 1. The molecule has 0 aliphatic heterocycles. The van der Waals surface area contributed by atoms with Gasteiger partial charge in [-0.25, -0.2) is 0 Å². The summed E-state index contributed by atoms with van der Waals surface area (Å²) in [6.45, 7) is 0. The SMILES string of the molecule is COc1cccc2cc[n+](OC)cc12. The number of fused-ring (bicyclic) bond motifs is 1. The zero-order chi connectivity index (χ0) is 9.97. The maximum atomic E-state index is 5.26. The van der Waals surface area contributed by atoms with Gasteiger partial charge in [0.25, 0.3) is 0 Å². The Bertz CT molecular complexity index is 454. The molecule has 0 fully saturated rings. The monoisotopic (exact) mass is 190 g/mol. The average Bonchev–Trinajstić information content (AvgIpc) is 2.27. The molecule has 0 amide bonds. The Hall–Kier alpha value is -1.77. The van der Waals surface area contributed by atoms with Gasteiger partial charge < -0.3 is 4.74 Å². The number of rotatable bonds is 2. The van der Waals surface area contributed by atoms with Crippen LogP contribution in [0.2, 0.25) is 0 Å². The van der Waals surface area contributed by atoms with E-state index in [0.717, 1.165) is 16.5 Å². The molecule has 0 saturated heterocycles. The normalized spacial score (nSPS) is 10.1. The van der Waals surface area contributed by atoms with E-state index >= 15 is 0 Å². The van der Waals surface area contributed by atoms with E-state index in [4.69, 9.17) is 9.57 Å². The molecule has 14 heavy (non-hydrogen) atoms. The van der Waals surface area contributed by atoms with Gasteiger partial charge in [0.1, 0.15) is 12.9 Å². The summed E-state index contributed by atoms with van der Waals surface area (Å²) in [5.41, 5.74) is 0. The highest BCUT2D eigenvalue weighted by Crippen LogP contribution is 2.22. The fraction of sp³-hybridized carbons (Fsp3) is 0.182. The molecule has 0 atom stereocenters. The van der Waals surface area contributed by atoms with Crippen LogP contribution in [0.4, 0.5) is 0 Å². The van der Waals surface area contributed by atoms with Gasteiger partial charge in [0.05, 0.1) is 12.5 Å². The Morgan fingerprint density at radius 3 is 2.71 bits per heavy atom. The minimum atomic E-state index is 0.855. The third-order valence-corrected chi connectivity index (χ3v) is 2.19. The molecule has 2 aromatic rings. The molecule has 1 heterocycles. The molecule has 3 heteroatoms. The molecular formula is C11H12NO2+. The number of hydrogen-bond acceptors (Lipinski definition) is 2. The van der Waals surface area contributed by atoms with Crippen molar-refractivity contribution < 1.29 is 14.3 Å². The first kappa shape index (κ1) is 8.81. The standard InChI is InChI=1S/C11H12NO2/c1-13-11-5-3-4-9-6-7-12(14-2)8-10(9)11/h3-8H,1-2H3/q+1. The first-order valence-corrected chi connectivity index (χ1v) is 4.37. The van der Waals surface area contributed by atoms with Crippen LogP contribution >= 0.6 is 0 Å². The van der Waals surface area contributed by atoms with Crippen LogP contribution < -0.4 is 14.3 Å². The predicted octanol–water partition coefficient (Wildman–Crippen LogP) is 1.19. The predicted molar refractivity (Wildman–Crippen MR) is 53.2 cm³/mol. The summed E-state index contributed by atoms with van der Waals surface area (Å²) in [6.07, 6.45) is 3.76. The Kier molecular flexibility index (Phi) is 2.23. The van der Waals surface area contributed by atoms with E-state index in [1.807, 2.05) is 36.7 Å². The molecule has 3 nitrogen and oxygen atoms in total. The molecule has 0 bridgehead atoms. The van der Waals surface area contributed by atoms with Crippen LogP contribution in [0.15, 0.2) is 36.7 Å². The maximum Gasteiger partial charge on any atom is 0.234 e. The molecule has 0 aliphatic carbocycles. The highest BCUT2D eigenvalue weighted by atomic mass is 16.6. The zero-order valence-electron chi connectivity index (χ0n) is 8.23. The largest absolute Gasteiger partial charge is 0.496 e. The van der Waals surface area contributed by atoms with Gasteiger partial charge in [-0.3, -0.25) is 4.84 Å². The van der Waals surface area contributed by atoms with Gasteiger partial charge in [-0.15, -0.1) is 0 Å². The summed E-state index contributed by atoms with van der Waals surface area (Å²) >= 11 is 0. The van der Waals surface area contributed by atoms with Crippen molar-refractivity contribution in [3.63, 3.8) is 0 Å². The number of hydrogen-bond donors (Lipinski definition) is 0. The summed E-state index contributed by atoms with van der Waals surface area (Å²) < 4.78 is 6.90. The minimum absolute atomic E-state index is 0.855. The van der Waals surface area contributed by atoms with Crippen molar-refractivity contribution >= 4 is 10.8 Å². The second-order valence-corrected chi connectivity index (χ2v) is 2.95. The number of pyridine rings is 1. The Balaban J connectivity index is 2.70. The fourth-order valence-electron chi connectivity index (χ4n) is 1.46. The van der Waals surface area contributed by atoms with Crippen molar-refractivity contribution in [2.45, 2.75) is 0 Å². The van der Waals surface area contributed by atoms with Gasteiger partial charge in [0.15, 0.2) is 0 Å². The van der Waals surface area contributed by atoms with Gasteiger partial charge in [-0.1, -0.05) is 12.1 Å². The van der Waals surface area contributed by atoms with Crippen LogP contribution in [0.25, 0.3) is 10.8 Å². The molecule has 0 spiro atoms. The van der Waals surface area contributed by atoms with Crippen molar-refractivity contribution in [3.8, 4) is 5.75 Å². The van der Waals surface area contributed by atoms with Crippen molar-refractivity contribution in [1.82, 2.24) is 0 Å². The van der Waals surface area contributed by atoms with Crippen molar-refractivity contribution in [2.24, 2.45) is 0 Å². The van der Waals surface area contributed by atoms with Crippen LogP contribution in [-0.2, 0) is 0 Å². The van der Waals surface area contributed by atoms with E-state index in [-0.39, 0.29) is 0 Å². The van der Waals surface area contributed by atoms with Gasteiger partial charge in [-0.2, -0.15) is 0 Å². The number of benzene rings is 1. The van der Waals surface area contributed by atoms with Crippen molar-refractivity contribution in [3.05, 3.63) is 36.7 Å². The summed E-state index contributed by atoms with van der Waals surface area (Å²) in [5, 5.41) is 2.18. The first-order valence-electron chi connectivity index (χ1n) is 4.37. The van der Waals surface area contributed by atoms with E-state index in [1.54, 1.807) is 19.0 Å². The quantitative estimate of drug-likeness (QED) is 0.664. The molecular weight excluding hydrogens is 178 g/mol.